The van der Waals surface area contributed by atoms with Crippen LogP contribution in [0.1, 0.15) is 24.1 Å². The third-order valence-corrected chi connectivity index (χ3v) is 7.75. The van der Waals surface area contributed by atoms with Crippen molar-refractivity contribution in [2.45, 2.75) is 24.3 Å². The largest absolute Gasteiger partial charge is 0.495 e. The maximum absolute atomic E-state index is 13.2. The summed E-state index contributed by atoms with van der Waals surface area (Å²) in [5.74, 6) is 0.0747. The van der Waals surface area contributed by atoms with Gasteiger partial charge in [0.15, 0.2) is 0 Å². The Morgan fingerprint density at radius 3 is 2.52 bits per heavy atom. The lowest BCUT2D eigenvalue weighted by molar-refractivity contribution is -0.121. The lowest BCUT2D eigenvalue weighted by atomic mass is 10.0. The average molecular weight is 469 g/mol. The summed E-state index contributed by atoms with van der Waals surface area (Å²) in [6.07, 6.45) is 0.0630. The first-order chi connectivity index (χ1) is 15.9. The molecule has 8 heteroatoms. The van der Waals surface area contributed by atoms with Crippen LogP contribution in [0.4, 0.5) is 0 Å². The number of hydrogen-bond donors (Lipinski definition) is 1. The van der Waals surface area contributed by atoms with E-state index in [0.717, 1.165) is 16.3 Å². The second kappa shape index (κ2) is 9.91. The number of hydrogen-bond acceptors (Lipinski definition) is 5. The van der Waals surface area contributed by atoms with E-state index in [9.17, 15) is 13.2 Å². The number of sulfonamides is 1. The Labute approximate surface area is 194 Å². The van der Waals surface area contributed by atoms with Gasteiger partial charge in [-0.3, -0.25) is 4.79 Å². The molecule has 1 atom stereocenters. The van der Waals surface area contributed by atoms with Crippen LogP contribution in [-0.4, -0.2) is 52.0 Å². The molecule has 7 nitrogen and oxygen atoms in total. The predicted molar refractivity (Wildman–Crippen MR) is 127 cm³/mol. The van der Waals surface area contributed by atoms with Gasteiger partial charge in [-0.1, -0.05) is 42.5 Å². The summed E-state index contributed by atoms with van der Waals surface area (Å²) < 4.78 is 38.3. The van der Waals surface area contributed by atoms with Crippen LogP contribution in [0, 0.1) is 0 Å². The molecule has 174 valence electrons. The van der Waals surface area contributed by atoms with Crippen molar-refractivity contribution in [3.8, 4) is 5.75 Å². The standard InChI is InChI=1S/C25H28N2O5S/c1-18(21-9-8-20-5-3-4-6-22(20)17-21)26-25(28)16-19-7-10-23(31-2)24(15-19)33(29,30)27-11-13-32-14-12-27/h3-10,15,17-18H,11-14,16H2,1-2H3,(H,26,28). The number of nitrogens with zero attached hydrogens (tertiary/aromatic N) is 1. The molecule has 3 aromatic carbocycles. The van der Waals surface area contributed by atoms with E-state index in [-0.39, 0.29) is 29.0 Å². The van der Waals surface area contributed by atoms with Crippen molar-refractivity contribution in [2.24, 2.45) is 0 Å². The number of carbonyl (C=O) groups excluding carboxylic acids is 1. The zero-order valence-electron chi connectivity index (χ0n) is 18.8. The number of ether oxygens (including phenoxy) is 2. The van der Waals surface area contributed by atoms with Crippen LogP contribution in [-0.2, 0) is 26.0 Å². The van der Waals surface area contributed by atoms with E-state index in [1.54, 1.807) is 12.1 Å². The van der Waals surface area contributed by atoms with Gasteiger partial charge in [0.1, 0.15) is 10.6 Å². The van der Waals surface area contributed by atoms with Gasteiger partial charge in [0.05, 0.1) is 32.8 Å². The van der Waals surface area contributed by atoms with E-state index in [0.29, 0.717) is 31.9 Å². The summed E-state index contributed by atoms with van der Waals surface area (Å²) in [4.78, 5) is 12.8. The van der Waals surface area contributed by atoms with Gasteiger partial charge in [0, 0.05) is 13.1 Å². The summed E-state index contributed by atoms with van der Waals surface area (Å²) in [6.45, 7) is 3.23. The highest BCUT2D eigenvalue weighted by Crippen LogP contribution is 2.29. The summed E-state index contributed by atoms with van der Waals surface area (Å²) in [6, 6.07) is 18.9. The van der Waals surface area contributed by atoms with Gasteiger partial charge in [-0.15, -0.1) is 0 Å². The number of rotatable bonds is 7. The van der Waals surface area contributed by atoms with Gasteiger partial charge < -0.3 is 14.8 Å². The molecule has 1 heterocycles. The van der Waals surface area contributed by atoms with Crippen LogP contribution < -0.4 is 10.1 Å². The SMILES string of the molecule is COc1ccc(CC(=O)NC(C)c2ccc3ccccc3c2)cc1S(=O)(=O)N1CCOCC1. The highest BCUT2D eigenvalue weighted by atomic mass is 32.2. The second-order valence-electron chi connectivity index (χ2n) is 8.07. The van der Waals surface area contributed by atoms with Crippen molar-refractivity contribution >= 4 is 26.7 Å². The Hall–Kier alpha value is -2.94. The van der Waals surface area contributed by atoms with Crippen molar-refractivity contribution in [3.05, 3.63) is 71.8 Å². The first-order valence-corrected chi connectivity index (χ1v) is 12.4. The molecular weight excluding hydrogens is 440 g/mol. The smallest absolute Gasteiger partial charge is 0.246 e. The van der Waals surface area contributed by atoms with Crippen molar-refractivity contribution in [2.75, 3.05) is 33.4 Å². The van der Waals surface area contributed by atoms with Crippen molar-refractivity contribution < 1.29 is 22.7 Å². The Bertz CT molecular complexity index is 1250. The molecule has 1 amide bonds. The van der Waals surface area contributed by atoms with Crippen molar-refractivity contribution in [3.63, 3.8) is 0 Å². The third-order valence-electron chi connectivity index (χ3n) is 5.83. The maximum Gasteiger partial charge on any atom is 0.246 e. The summed E-state index contributed by atoms with van der Waals surface area (Å²) >= 11 is 0. The lowest BCUT2D eigenvalue weighted by Crippen LogP contribution is -2.40. The molecule has 0 aromatic heterocycles. The Morgan fingerprint density at radius 2 is 1.79 bits per heavy atom. The summed E-state index contributed by atoms with van der Waals surface area (Å²) in [5, 5.41) is 5.27. The molecule has 1 saturated heterocycles. The average Bonchev–Trinajstić information content (AvgIpc) is 2.84. The third kappa shape index (κ3) is 5.19. The fourth-order valence-electron chi connectivity index (χ4n) is 4.00. The number of morpholine rings is 1. The van der Waals surface area contributed by atoms with Crippen molar-refractivity contribution in [1.82, 2.24) is 9.62 Å². The number of amides is 1. The molecule has 0 aliphatic carbocycles. The summed E-state index contributed by atoms with van der Waals surface area (Å²) in [7, 11) is -2.32. The molecule has 1 fully saturated rings. The van der Waals surface area contributed by atoms with Crippen LogP contribution >= 0.6 is 0 Å². The quantitative estimate of drug-likeness (QED) is 0.575. The first-order valence-electron chi connectivity index (χ1n) is 10.9. The molecule has 33 heavy (non-hydrogen) atoms. The van der Waals surface area contributed by atoms with Crippen molar-refractivity contribution in [1.29, 1.82) is 0 Å². The number of methoxy groups -OCH3 is 1. The van der Waals surface area contributed by atoms with Gasteiger partial charge in [0.2, 0.25) is 15.9 Å². The molecular formula is C25H28N2O5S. The molecule has 3 aromatic rings. The van der Waals surface area contributed by atoms with E-state index >= 15 is 0 Å². The van der Waals surface area contributed by atoms with Crippen LogP contribution in [0.2, 0.25) is 0 Å². The van der Waals surface area contributed by atoms with Gasteiger partial charge in [-0.25, -0.2) is 8.42 Å². The highest BCUT2D eigenvalue weighted by Gasteiger charge is 2.29. The van der Waals surface area contributed by atoms with Crippen LogP contribution in [0.15, 0.2) is 65.6 Å². The van der Waals surface area contributed by atoms with E-state index in [1.807, 2.05) is 37.3 Å². The van der Waals surface area contributed by atoms with Gasteiger partial charge in [-0.05, 0) is 47.0 Å². The minimum absolute atomic E-state index is 0.0630. The Balaban J connectivity index is 1.49. The molecule has 0 spiro atoms. The first kappa shape index (κ1) is 23.2. The molecule has 1 aliphatic heterocycles. The fourth-order valence-corrected chi connectivity index (χ4v) is 5.61. The van der Waals surface area contributed by atoms with Crippen LogP contribution in [0.5, 0.6) is 5.75 Å². The highest BCUT2D eigenvalue weighted by molar-refractivity contribution is 7.89. The number of benzene rings is 3. The van der Waals surface area contributed by atoms with Gasteiger partial charge in [0.25, 0.3) is 0 Å². The molecule has 0 bridgehead atoms. The zero-order valence-corrected chi connectivity index (χ0v) is 19.6. The molecule has 1 aliphatic rings. The number of fused-ring (bicyclic) bond motifs is 1. The van der Waals surface area contributed by atoms with E-state index in [4.69, 9.17) is 9.47 Å². The number of nitrogens with one attached hydrogen (secondary N) is 1. The lowest BCUT2D eigenvalue weighted by Gasteiger charge is -2.26. The summed E-state index contributed by atoms with van der Waals surface area (Å²) in [5.41, 5.74) is 1.61. The van der Waals surface area contributed by atoms with E-state index in [2.05, 4.69) is 17.4 Å². The Morgan fingerprint density at radius 1 is 1.06 bits per heavy atom. The monoisotopic (exact) mass is 468 g/mol. The Kier molecular flexibility index (Phi) is 6.97. The minimum atomic E-state index is -3.75. The second-order valence-corrected chi connectivity index (χ2v) is 9.98. The predicted octanol–water partition coefficient (Wildman–Crippen LogP) is 3.29. The molecule has 0 radical (unpaired) electrons. The van der Waals surface area contributed by atoms with Crippen LogP contribution in [0.3, 0.4) is 0 Å². The van der Waals surface area contributed by atoms with E-state index < -0.39 is 10.0 Å². The normalized spacial score (nSPS) is 15.8. The zero-order chi connectivity index (χ0) is 23.4. The molecule has 4 rings (SSSR count). The molecule has 1 unspecified atom stereocenters. The maximum atomic E-state index is 13.2. The topological polar surface area (TPSA) is 84.9 Å². The number of carbonyl (C=O) groups is 1. The van der Waals surface area contributed by atoms with Crippen LogP contribution in [0.25, 0.3) is 10.8 Å². The van der Waals surface area contributed by atoms with Gasteiger partial charge in [-0.2, -0.15) is 4.31 Å². The van der Waals surface area contributed by atoms with Gasteiger partial charge >= 0.3 is 0 Å². The minimum Gasteiger partial charge on any atom is -0.495 e. The van der Waals surface area contributed by atoms with E-state index in [1.165, 1.54) is 17.5 Å². The molecule has 1 N–H and O–H groups in total. The molecule has 0 saturated carbocycles. The fraction of sp³-hybridized carbons (Fsp3) is 0.320.